The van der Waals surface area contributed by atoms with Gasteiger partial charge >= 0.3 is 0 Å². The second kappa shape index (κ2) is 8.37. The highest BCUT2D eigenvalue weighted by atomic mass is 16.5. The van der Waals surface area contributed by atoms with Crippen LogP contribution in [0.1, 0.15) is 24.2 Å². The Bertz CT molecular complexity index is 1280. The average molecular weight is 428 g/mol. The first-order valence-electron chi connectivity index (χ1n) is 10.7. The lowest BCUT2D eigenvalue weighted by molar-refractivity contribution is 0.0747. The summed E-state index contributed by atoms with van der Waals surface area (Å²) in [6, 6.07) is 11.6. The van der Waals surface area contributed by atoms with Crippen molar-refractivity contribution in [2.75, 3.05) is 31.1 Å². The molecule has 1 amide bonds. The van der Waals surface area contributed by atoms with Gasteiger partial charge in [0.05, 0.1) is 28.0 Å². The summed E-state index contributed by atoms with van der Waals surface area (Å²) in [5.74, 6) is 0.622. The zero-order valence-electron chi connectivity index (χ0n) is 18.1. The fourth-order valence-corrected chi connectivity index (χ4v) is 3.98. The minimum atomic E-state index is 0.0248. The van der Waals surface area contributed by atoms with Crippen LogP contribution in [0.3, 0.4) is 0 Å². The van der Waals surface area contributed by atoms with Gasteiger partial charge in [-0.3, -0.25) is 14.8 Å². The van der Waals surface area contributed by atoms with Crippen LogP contribution in [0.5, 0.6) is 5.88 Å². The van der Waals surface area contributed by atoms with E-state index in [0.29, 0.717) is 24.5 Å². The van der Waals surface area contributed by atoms with Crippen LogP contribution in [0.4, 0.5) is 5.69 Å². The van der Waals surface area contributed by atoms with Crippen LogP contribution in [0.25, 0.3) is 21.9 Å². The molecule has 32 heavy (non-hydrogen) atoms. The number of fused-ring (bicyclic) bond motifs is 2. The van der Waals surface area contributed by atoms with Gasteiger partial charge in [0.15, 0.2) is 0 Å². The number of piperazine rings is 1. The molecule has 0 radical (unpaired) electrons. The number of anilines is 1. The monoisotopic (exact) mass is 428 g/mol. The SMILES string of the molecule is CC(C)Oc1ncnc2ccc(N3CCN(C(=O)c4ccc5nccnc5c4)CC3)cc12. The van der Waals surface area contributed by atoms with E-state index in [0.717, 1.165) is 40.7 Å². The van der Waals surface area contributed by atoms with Crippen molar-refractivity contribution < 1.29 is 9.53 Å². The Hall–Kier alpha value is -3.81. The molecule has 0 aliphatic carbocycles. The predicted molar refractivity (Wildman–Crippen MR) is 123 cm³/mol. The van der Waals surface area contributed by atoms with E-state index in [1.807, 2.05) is 43.0 Å². The Morgan fingerprint density at radius 2 is 1.62 bits per heavy atom. The van der Waals surface area contributed by atoms with Crippen LogP contribution < -0.4 is 9.64 Å². The third-order valence-electron chi connectivity index (χ3n) is 5.58. The highest BCUT2D eigenvalue weighted by Crippen LogP contribution is 2.28. The first-order chi connectivity index (χ1) is 15.6. The minimum absolute atomic E-state index is 0.0248. The van der Waals surface area contributed by atoms with Gasteiger partial charge in [0.2, 0.25) is 5.88 Å². The topological polar surface area (TPSA) is 84.3 Å². The summed E-state index contributed by atoms with van der Waals surface area (Å²) in [4.78, 5) is 34.4. The highest BCUT2D eigenvalue weighted by molar-refractivity contribution is 5.97. The van der Waals surface area contributed by atoms with E-state index in [4.69, 9.17) is 4.74 Å². The molecule has 0 bridgehead atoms. The number of amides is 1. The fourth-order valence-electron chi connectivity index (χ4n) is 3.98. The van der Waals surface area contributed by atoms with Crippen LogP contribution in [0.2, 0.25) is 0 Å². The van der Waals surface area contributed by atoms with E-state index < -0.39 is 0 Å². The molecule has 1 saturated heterocycles. The third kappa shape index (κ3) is 3.91. The number of hydrogen-bond acceptors (Lipinski definition) is 7. The normalized spacial score (nSPS) is 14.3. The van der Waals surface area contributed by atoms with Crippen molar-refractivity contribution in [2.45, 2.75) is 20.0 Å². The van der Waals surface area contributed by atoms with Gasteiger partial charge in [-0.1, -0.05) is 0 Å². The Morgan fingerprint density at radius 3 is 2.41 bits per heavy atom. The molecule has 0 spiro atoms. The molecule has 8 heteroatoms. The van der Waals surface area contributed by atoms with E-state index in [1.54, 1.807) is 12.4 Å². The average Bonchev–Trinajstić information content (AvgIpc) is 2.83. The molecule has 0 atom stereocenters. The first-order valence-corrected chi connectivity index (χ1v) is 10.7. The Balaban J connectivity index is 1.31. The number of carbonyl (C=O) groups is 1. The molecule has 2 aromatic carbocycles. The fraction of sp³-hybridized carbons (Fsp3) is 0.292. The van der Waals surface area contributed by atoms with Crippen LogP contribution >= 0.6 is 0 Å². The summed E-state index contributed by atoms with van der Waals surface area (Å²) in [7, 11) is 0. The predicted octanol–water partition coefficient (Wildman–Crippen LogP) is 3.32. The lowest BCUT2D eigenvalue weighted by Crippen LogP contribution is -2.48. The summed E-state index contributed by atoms with van der Waals surface area (Å²) >= 11 is 0. The van der Waals surface area contributed by atoms with E-state index in [1.165, 1.54) is 6.33 Å². The van der Waals surface area contributed by atoms with Gasteiger partial charge < -0.3 is 14.5 Å². The summed E-state index contributed by atoms with van der Waals surface area (Å²) in [5, 5.41) is 0.898. The summed E-state index contributed by atoms with van der Waals surface area (Å²) < 4.78 is 5.87. The van der Waals surface area contributed by atoms with Crippen molar-refractivity contribution >= 4 is 33.5 Å². The molecule has 1 fully saturated rings. The van der Waals surface area contributed by atoms with Crippen LogP contribution in [0, 0.1) is 0 Å². The molecule has 0 N–H and O–H groups in total. The number of rotatable bonds is 4. The summed E-state index contributed by atoms with van der Waals surface area (Å²) in [5.41, 5.74) is 4.09. The van der Waals surface area contributed by atoms with E-state index in [2.05, 4.69) is 37.0 Å². The summed E-state index contributed by atoms with van der Waals surface area (Å²) in [6.07, 6.45) is 4.86. The van der Waals surface area contributed by atoms with Gasteiger partial charge in [0.1, 0.15) is 6.33 Å². The number of nitrogens with zero attached hydrogens (tertiary/aromatic N) is 6. The largest absolute Gasteiger partial charge is 0.474 e. The van der Waals surface area contributed by atoms with Gasteiger partial charge in [-0.2, -0.15) is 0 Å². The second-order valence-corrected chi connectivity index (χ2v) is 8.09. The number of benzene rings is 2. The number of ether oxygens (including phenoxy) is 1. The molecule has 0 saturated carbocycles. The van der Waals surface area contributed by atoms with Crippen molar-refractivity contribution in [3.63, 3.8) is 0 Å². The van der Waals surface area contributed by atoms with Gasteiger partial charge in [0, 0.05) is 49.8 Å². The van der Waals surface area contributed by atoms with Crippen molar-refractivity contribution in [1.82, 2.24) is 24.8 Å². The standard InChI is InChI=1S/C24H24N6O2/c1-16(2)32-23-19-14-18(4-6-20(19)27-15-28-23)29-9-11-30(12-10-29)24(31)17-3-5-21-22(13-17)26-8-7-25-21/h3-8,13-16H,9-12H2,1-2H3. The highest BCUT2D eigenvalue weighted by Gasteiger charge is 2.23. The molecule has 0 unspecified atom stereocenters. The van der Waals surface area contributed by atoms with Crippen LogP contribution in [-0.4, -0.2) is 63.0 Å². The van der Waals surface area contributed by atoms with Gasteiger partial charge in [-0.25, -0.2) is 9.97 Å². The molecule has 2 aromatic heterocycles. The Labute approximate surface area is 185 Å². The number of carbonyl (C=O) groups excluding carboxylic acids is 1. The maximum Gasteiger partial charge on any atom is 0.254 e. The van der Waals surface area contributed by atoms with Crippen molar-refractivity contribution in [2.24, 2.45) is 0 Å². The molecule has 162 valence electrons. The van der Waals surface area contributed by atoms with E-state index in [-0.39, 0.29) is 12.0 Å². The summed E-state index contributed by atoms with van der Waals surface area (Å²) in [6.45, 7) is 6.76. The quantitative estimate of drug-likeness (QED) is 0.493. The van der Waals surface area contributed by atoms with Crippen molar-refractivity contribution in [3.8, 4) is 5.88 Å². The zero-order valence-corrected chi connectivity index (χ0v) is 18.1. The van der Waals surface area contributed by atoms with Gasteiger partial charge in [-0.05, 0) is 50.2 Å². The van der Waals surface area contributed by atoms with E-state index in [9.17, 15) is 4.79 Å². The lowest BCUT2D eigenvalue weighted by atomic mass is 10.1. The lowest BCUT2D eigenvalue weighted by Gasteiger charge is -2.36. The van der Waals surface area contributed by atoms with Crippen molar-refractivity contribution in [3.05, 3.63) is 60.7 Å². The maximum absolute atomic E-state index is 13.0. The molecule has 3 heterocycles. The first kappa shape index (κ1) is 20.1. The zero-order chi connectivity index (χ0) is 22.1. The molecule has 1 aliphatic rings. The molecular formula is C24H24N6O2. The van der Waals surface area contributed by atoms with Gasteiger partial charge in [-0.15, -0.1) is 0 Å². The minimum Gasteiger partial charge on any atom is -0.474 e. The number of aromatic nitrogens is 4. The van der Waals surface area contributed by atoms with Crippen LogP contribution in [0.15, 0.2) is 55.1 Å². The molecule has 8 nitrogen and oxygen atoms in total. The number of hydrogen-bond donors (Lipinski definition) is 0. The Kier molecular flexibility index (Phi) is 5.26. The smallest absolute Gasteiger partial charge is 0.254 e. The second-order valence-electron chi connectivity index (χ2n) is 8.09. The molecule has 1 aliphatic heterocycles. The Morgan fingerprint density at radius 1 is 0.875 bits per heavy atom. The third-order valence-corrected chi connectivity index (χ3v) is 5.58. The van der Waals surface area contributed by atoms with Gasteiger partial charge in [0.25, 0.3) is 5.91 Å². The molecular weight excluding hydrogens is 404 g/mol. The van der Waals surface area contributed by atoms with Crippen molar-refractivity contribution in [1.29, 1.82) is 0 Å². The molecule has 4 aromatic rings. The van der Waals surface area contributed by atoms with E-state index >= 15 is 0 Å². The maximum atomic E-state index is 13.0. The van der Waals surface area contributed by atoms with Crippen LogP contribution in [-0.2, 0) is 0 Å². The molecule has 5 rings (SSSR count).